The summed E-state index contributed by atoms with van der Waals surface area (Å²) in [7, 11) is 0. The molecule has 2 heterocycles. The number of aliphatic carboxylic acids is 1. The Kier molecular flexibility index (Phi) is 9.68. The van der Waals surface area contributed by atoms with Crippen molar-refractivity contribution in [1.82, 2.24) is 9.88 Å². The van der Waals surface area contributed by atoms with Crippen molar-refractivity contribution in [1.29, 1.82) is 0 Å². The molecule has 0 aromatic carbocycles. The first kappa shape index (κ1) is 23.3. The molecule has 1 fully saturated rings. The number of rotatable bonds is 8. The summed E-state index contributed by atoms with van der Waals surface area (Å²) >= 11 is 1.45. The summed E-state index contributed by atoms with van der Waals surface area (Å²) in [6.07, 6.45) is 2.51. The van der Waals surface area contributed by atoms with Crippen LogP contribution in [-0.2, 0) is 20.7 Å². The van der Waals surface area contributed by atoms with E-state index in [4.69, 9.17) is 15.6 Å². The summed E-state index contributed by atoms with van der Waals surface area (Å²) in [5, 5.41) is 11.3. The number of esters is 1. The first-order valence-corrected chi connectivity index (χ1v) is 9.66. The predicted molar refractivity (Wildman–Crippen MR) is 103 cm³/mol. The van der Waals surface area contributed by atoms with Crippen molar-refractivity contribution in [3.05, 3.63) is 16.1 Å². The molecule has 10 heteroatoms. The number of hydrogen-bond acceptors (Lipinski definition) is 7. The molecule has 1 aromatic heterocycles. The van der Waals surface area contributed by atoms with Crippen molar-refractivity contribution in [3.63, 3.8) is 0 Å². The third-order valence-electron chi connectivity index (χ3n) is 4.41. The molecule has 1 saturated heterocycles. The SMILES string of the molecule is CCOC(=O)c1csc(CC2CCN(C(=O)[C@@H](N)CCC(=O)O)CC2)n1.Cl. The van der Waals surface area contributed by atoms with Gasteiger partial charge in [0.15, 0.2) is 5.69 Å². The van der Waals surface area contributed by atoms with Crippen LogP contribution in [0.4, 0.5) is 0 Å². The van der Waals surface area contributed by atoms with Crippen LogP contribution in [0.15, 0.2) is 5.38 Å². The van der Waals surface area contributed by atoms with E-state index in [1.807, 2.05) is 0 Å². The van der Waals surface area contributed by atoms with Gasteiger partial charge in [0.2, 0.25) is 5.91 Å². The highest BCUT2D eigenvalue weighted by Crippen LogP contribution is 2.24. The van der Waals surface area contributed by atoms with Gasteiger partial charge in [-0.3, -0.25) is 9.59 Å². The quantitative estimate of drug-likeness (QED) is 0.615. The molecular weight excluding hydrogens is 394 g/mol. The fraction of sp³-hybridized carbons (Fsp3) is 0.647. The zero-order valence-corrected chi connectivity index (χ0v) is 16.9. The molecule has 2 rings (SSSR count). The maximum absolute atomic E-state index is 12.3. The third-order valence-corrected chi connectivity index (χ3v) is 5.28. The minimum absolute atomic E-state index is 0. The Hall–Kier alpha value is -1.71. The van der Waals surface area contributed by atoms with E-state index in [0.29, 0.717) is 31.3 Å². The lowest BCUT2D eigenvalue weighted by Gasteiger charge is -2.33. The fourth-order valence-electron chi connectivity index (χ4n) is 2.94. The molecule has 152 valence electrons. The van der Waals surface area contributed by atoms with Gasteiger partial charge < -0.3 is 20.5 Å². The minimum atomic E-state index is -0.947. The Morgan fingerprint density at radius 2 is 2.07 bits per heavy atom. The number of amides is 1. The number of hydrogen-bond donors (Lipinski definition) is 2. The summed E-state index contributed by atoms with van der Waals surface area (Å²) in [6, 6.07) is -0.756. The van der Waals surface area contributed by atoms with Crippen molar-refractivity contribution >= 4 is 41.6 Å². The highest BCUT2D eigenvalue weighted by atomic mass is 35.5. The zero-order chi connectivity index (χ0) is 19.1. The van der Waals surface area contributed by atoms with E-state index in [0.717, 1.165) is 24.3 Å². The van der Waals surface area contributed by atoms with Crippen LogP contribution >= 0.6 is 23.7 Å². The van der Waals surface area contributed by atoms with Gasteiger partial charge in [-0.2, -0.15) is 0 Å². The second-order valence-electron chi connectivity index (χ2n) is 6.36. The second kappa shape index (κ2) is 11.2. The van der Waals surface area contributed by atoms with Crippen molar-refractivity contribution < 1.29 is 24.2 Å². The summed E-state index contributed by atoms with van der Waals surface area (Å²) in [5.74, 6) is -1.12. The molecular formula is C17H26ClN3O5S. The van der Waals surface area contributed by atoms with Gasteiger partial charge in [0.25, 0.3) is 0 Å². The highest BCUT2D eigenvalue weighted by Gasteiger charge is 2.27. The molecule has 27 heavy (non-hydrogen) atoms. The summed E-state index contributed by atoms with van der Waals surface area (Å²) < 4.78 is 4.94. The Balaban J connectivity index is 0.00000364. The fourth-order valence-corrected chi connectivity index (χ4v) is 3.82. The van der Waals surface area contributed by atoms with Gasteiger partial charge in [-0.25, -0.2) is 9.78 Å². The maximum atomic E-state index is 12.3. The van der Waals surface area contributed by atoms with Gasteiger partial charge in [0.05, 0.1) is 17.7 Å². The van der Waals surface area contributed by atoms with Crippen molar-refractivity contribution in [2.75, 3.05) is 19.7 Å². The number of likely N-dealkylation sites (tertiary alicyclic amines) is 1. The third kappa shape index (κ3) is 7.08. The lowest BCUT2D eigenvalue weighted by molar-refractivity contribution is -0.138. The Morgan fingerprint density at radius 1 is 1.41 bits per heavy atom. The number of carbonyl (C=O) groups is 3. The summed E-state index contributed by atoms with van der Waals surface area (Å²) in [6.45, 7) is 3.31. The normalized spacial score (nSPS) is 15.7. The number of nitrogens with zero attached hydrogens (tertiary/aromatic N) is 2. The van der Waals surface area contributed by atoms with Crippen molar-refractivity contribution in [2.24, 2.45) is 11.7 Å². The number of thiazole rings is 1. The van der Waals surface area contributed by atoms with E-state index >= 15 is 0 Å². The molecule has 1 amide bonds. The Morgan fingerprint density at radius 3 is 2.67 bits per heavy atom. The molecule has 0 unspecified atom stereocenters. The average Bonchev–Trinajstić information content (AvgIpc) is 3.08. The van der Waals surface area contributed by atoms with Crippen LogP contribution in [0.1, 0.15) is 48.1 Å². The molecule has 8 nitrogen and oxygen atoms in total. The van der Waals surface area contributed by atoms with E-state index in [-0.39, 0.29) is 31.2 Å². The molecule has 0 spiro atoms. The van der Waals surface area contributed by atoms with Crippen molar-refractivity contribution in [3.8, 4) is 0 Å². The molecule has 0 radical (unpaired) electrons. The summed E-state index contributed by atoms with van der Waals surface area (Å²) in [4.78, 5) is 40.6. The number of halogens is 1. The molecule has 3 N–H and O–H groups in total. The van der Waals surface area contributed by atoms with E-state index < -0.39 is 18.0 Å². The van der Waals surface area contributed by atoms with Crippen LogP contribution in [-0.4, -0.2) is 58.6 Å². The van der Waals surface area contributed by atoms with Gasteiger partial charge in [-0.15, -0.1) is 23.7 Å². The number of piperidine rings is 1. The van der Waals surface area contributed by atoms with Crippen LogP contribution < -0.4 is 5.73 Å². The number of carbonyl (C=O) groups excluding carboxylic acids is 2. The second-order valence-corrected chi connectivity index (χ2v) is 7.30. The maximum Gasteiger partial charge on any atom is 0.357 e. The van der Waals surface area contributed by atoms with Gasteiger partial charge in [0, 0.05) is 31.3 Å². The zero-order valence-electron chi connectivity index (χ0n) is 15.3. The highest BCUT2D eigenvalue weighted by molar-refractivity contribution is 7.09. The smallest absolute Gasteiger partial charge is 0.357 e. The minimum Gasteiger partial charge on any atom is -0.481 e. The van der Waals surface area contributed by atoms with Gasteiger partial charge in [-0.1, -0.05) is 0 Å². The molecule has 1 aliphatic heterocycles. The number of carboxylic acids is 1. The van der Waals surface area contributed by atoms with E-state index in [1.165, 1.54) is 11.3 Å². The van der Waals surface area contributed by atoms with E-state index in [9.17, 15) is 14.4 Å². The van der Waals surface area contributed by atoms with Crippen LogP contribution in [0.25, 0.3) is 0 Å². The molecule has 0 saturated carbocycles. The Labute approximate surface area is 168 Å². The number of carboxylic acid groups (broad SMARTS) is 1. The molecule has 1 atom stereocenters. The molecule has 0 bridgehead atoms. The topological polar surface area (TPSA) is 123 Å². The number of ether oxygens (including phenoxy) is 1. The first-order chi connectivity index (χ1) is 12.4. The monoisotopic (exact) mass is 419 g/mol. The molecule has 1 aromatic rings. The standard InChI is InChI=1S/C17H25N3O5S.ClH/c1-2-25-17(24)13-10-26-14(19-13)9-11-5-7-20(8-6-11)16(23)12(18)3-4-15(21)22;/h10-12H,2-9,18H2,1H3,(H,21,22);1H/t12-;/m0./s1. The van der Waals surface area contributed by atoms with Crippen LogP contribution in [0.5, 0.6) is 0 Å². The van der Waals surface area contributed by atoms with Gasteiger partial charge in [-0.05, 0) is 32.1 Å². The van der Waals surface area contributed by atoms with Crippen LogP contribution in [0.2, 0.25) is 0 Å². The van der Waals surface area contributed by atoms with Crippen molar-refractivity contribution in [2.45, 2.75) is 45.1 Å². The number of nitrogens with two attached hydrogens (primary N) is 1. The lowest BCUT2D eigenvalue weighted by atomic mass is 9.93. The summed E-state index contributed by atoms with van der Waals surface area (Å²) in [5.41, 5.74) is 6.15. The molecule has 1 aliphatic rings. The van der Waals surface area contributed by atoms with E-state index in [1.54, 1.807) is 17.2 Å². The van der Waals surface area contributed by atoms with Gasteiger partial charge >= 0.3 is 11.9 Å². The van der Waals surface area contributed by atoms with E-state index in [2.05, 4.69) is 4.98 Å². The largest absolute Gasteiger partial charge is 0.481 e. The van der Waals surface area contributed by atoms with Gasteiger partial charge in [0.1, 0.15) is 0 Å². The number of aromatic nitrogens is 1. The predicted octanol–water partition coefficient (Wildman–Crippen LogP) is 1.71. The van der Waals surface area contributed by atoms with Crippen LogP contribution in [0, 0.1) is 5.92 Å². The first-order valence-electron chi connectivity index (χ1n) is 8.78. The van der Waals surface area contributed by atoms with Crippen LogP contribution in [0.3, 0.4) is 0 Å². The lowest BCUT2D eigenvalue weighted by Crippen LogP contribution is -2.47. The average molecular weight is 420 g/mol. The molecule has 0 aliphatic carbocycles. The Bertz CT molecular complexity index is 646.